The van der Waals surface area contributed by atoms with Crippen molar-refractivity contribution in [3.63, 3.8) is 0 Å². The molecule has 4 N–H and O–H groups in total. The van der Waals surface area contributed by atoms with Gasteiger partial charge in [0, 0.05) is 74.4 Å². The van der Waals surface area contributed by atoms with Crippen LogP contribution in [0, 0.1) is 30.6 Å². The zero-order chi connectivity index (χ0) is 40.0. The van der Waals surface area contributed by atoms with Crippen LogP contribution in [0.5, 0.6) is 23.0 Å². The molecule has 5 rings (SSSR count). The highest BCUT2D eigenvalue weighted by atomic mass is 16.7. The molecule has 9 unspecified atom stereocenters. The molecular weight excluding hydrogens is 700 g/mol. The number of nitrogens with zero attached hydrogens (tertiary/aromatic N) is 2. The van der Waals surface area contributed by atoms with Gasteiger partial charge in [-0.15, -0.1) is 0 Å². The van der Waals surface area contributed by atoms with Gasteiger partial charge in [-0.25, -0.2) is 4.99 Å². The molecule has 0 saturated carbocycles. The van der Waals surface area contributed by atoms with Crippen molar-refractivity contribution in [3.05, 3.63) is 57.8 Å². The highest BCUT2D eigenvalue weighted by molar-refractivity contribution is 6.20. The molecule has 14 nitrogen and oxygen atoms in total. The third-order valence-electron chi connectivity index (χ3n) is 10.7. The number of phenols is 2. The quantitative estimate of drug-likeness (QED) is 0.327. The standard InChI is InChI=1S/C40H50N2O12/c1-18-12-11-13-19(2)39(49)41-30-25-16-42(9)17-51-37(25)27-28(34(30)47)33(46)23(6)36-29(27)38(48)40(8,54-36)52-15-14-26(50-10)20(3)35(53-24(7)43)22(5)32(45)21(4)31(18)44/h11-16,18,20-22,26,31-32,35,44-47H,17H2,1-10H3. The monoisotopic (exact) mass is 750 g/mol. The average Bonchev–Trinajstić information content (AvgIpc) is 3.39. The highest BCUT2D eigenvalue weighted by Gasteiger charge is 2.50. The maximum atomic E-state index is 14.3. The molecule has 0 aromatic heterocycles. The second-order valence-electron chi connectivity index (χ2n) is 14.7. The molecule has 3 aliphatic heterocycles. The Morgan fingerprint density at radius 3 is 2.31 bits per heavy atom. The lowest BCUT2D eigenvalue weighted by Gasteiger charge is -2.38. The summed E-state index contributed by atoms with van der Waals surface area (Å²) in [4.78, 5) is 46.1. The molecule has 9 atom stereocenters. The lowest BCUT2D eigenvalue weighted by atomic mass is 9.78. The van der Waals surface area contributed by atoms with E-state index in [1.165, 1.54) is 53.2 Å². The Hall–Kier alpha value is -4.92. The van der Waals surface area contributed by atoms with Crippen LogP contribution in [0.25, 0.3) is 17.0 Å². The van der Waals surface area contributed by atoms with E-state index in [4.69, 9.17) is 23.7 Å². The molecule has 2 aromatic carbocycles. The van der Waals surface area contributed by atoms with Gasteiger partial charge in [0.25, 0.3) is 11.7 Å². The van der Waals surface area contributed by atoms with Gasteiger partial charge in [0.2, 0.25) is 0 Å². The topological polar surface area (TPSA) is 194 Å². The van der Waals surface area contributed by atoms with E-state index in [-0.39, 0.29) is 56.3 Å². The summed E-state index contributed by atoms with van der Waals surface area (Å²) in [6, 6.07) is 0. The summed E-state index contributed by atoms with van der Waals surface area (Å²) in [7, 11) is 3.17. The number of ketones is 1. The summed E-state index contributed by atoms with van der Waals surface area (Å²) in [5.74, 6) is -7.09. The number of fused-ring (bicyclic) bond motifs is 1. The number of esters is 1. The molecule has 3 aliphatic rings. The van der Waals surface area contributed by atoms with E-state index in [0.29, 0.717) is 0 Å². The number of Topliss-reactive ketones (excluding diaryl/α,β-unsaturated/α-hetero) is 1. The number of ether oxygens (including phenoxy) is 5. The molecule has 4 bridgehead atoms. The van der Waals surface area contributed by atoms with Crippen molar-refractivity contribution in [1.29, 1.82) is 0 Å². The molecule has 1 amide bonds. The molecular formula is C40H50N2O12. The molecule has 292 valence electrons. The van der Waals surface area contributed by atoms with Gasteiger partial charge >= 0.3 is 11.8 Å². The summed E-state index contributed by atoms with van der Waals surface area (Å²) in [6.45, 7) is 12.7. The minimum absolute atomic E-state index is 0.00549. The van der Waals surface area contributed by atoms with E-state index in [1.54, 1.807) is 58.0 Å². The predicted octanol–water partition coefficient (Wildman–Crippen LogP) is 3.28. The smallest absolute Gasteiger partial charge is 0.312 e. The fourth-order valence-electron chi connectivity index (χ4n) is 7.37. The Morgan fingerprint density at radius 2 is 1.67 bits per heavy atom. The summed E-state index contributed by atoms with van der Waals surface area (Å²) < 4.78 is 29.7. The largest absolute Gasteiger partial charge is 0.507 e. The van der Waals surface area contributed by atoms with Crippen LogP contribution in [0.1, 0.15) is 64.4 Å². The summed E-state index contributed by atoms with van der Waals surface area (Å²) in [6.07, 6.45) is 5.39. The van der Waals surface area contributed by atoms with Crippen LogP contribution >= 0.6 is 0 Å². The van der Waals surface area contributed by atoms with E-state index < -0.39 is 83.0 Å². The number of benzene rings is 2. The maximum absolute atomic E-state index is 14.3. The number of rotatable bonds is 2. The lowest BCUT2D eigenvalue weighted by molar-refractivity contribution is -0.160. The van der Waals surface area contributed by atoms with Crippen LogP contribution in [0.2, 0.25) is 0 Å². The summed E-state index contributed by atoms with van der Waals surface area (Å²) >= 11 is 0. The van der Waals surface area contributed by atoms with E-state index >= 15 is 0 Å². The Balaban J connectivity index is 1.75. The van der Waals surface area contributed by atoms with Crippen molar-refractivity contribution < 1.29 is 58.5 Å². The molecule has 2 aromatic rings. The SMILES string of the molecule is COC1C=COC2(C)Oc3c(C)c(O)c4c(O)c(c5c(c4c3C2=O)OCN(C)C=5)=NC(=O)C(C)=CC=CC(C)C(O)C(C)C(O)C(C)C(OC(C)=O)C1C. The van der Waals surface area contributed by atoms with Crippen molar-refractivity contribution in [3.8, 4) is 23.0 Å². The first kappa shape index (κ1) is 40.3. The van der Waals surface area contributed by atoms with Crippen LogP contribution in [0.4, 0.5) is 0 Å². The average molecular weight is 751 g/mol. The molecule has 0 saturated heterocycles. The minimum atomic E-state index is -1.95. The summed E-state index contributed by atoms with van der Waals surface area (Å²) in [5, 5.41) is 45.9. The van der Waals surface area contributed by atoms with Crippen molar-refractivity contribution in [2.75, 3.05) is 20.9 Å². The first-order valence-corrected chi connectivity index (χ1v) is 17.9. The number of amides is 1. The minimum Gasteiger partial charge on any atom is -0.507 e. The molecule has 54 heavy (non-hydrogen) atoms. The second kappa shape index (κ2) is 15.4. The third kappa shape index (κ3) is 7.17. The zero-order valence-corrected chi connectivity index (χ0v) is 32.2. The number of hydrogen-bond donors (Lipinski definition) is 4. The number of methoxy groups -OCH3 is 1. The number of carbonyl (C=O) groups excluding carboxylic acids is 3. The van der Waals surface area contributed by atoms with Crippen LogP contribution in [-0.4, -0.2) is 94.1 Å². The first-order valence-electron chi connectivity index (χ1n) is 17.9. The number of phenolic OH excluding ortho intramolecular Hbond substituents is 2. The van der Waals surface area contributed by atoms with Crippen molar-refractivity contribution >= 4 is 34.6 Å². The van der Waals surface area contributed by atoms with Gasteiger partial charge in [0.05, 0.1) is 40.7 Å². The van der Waals surface area contributed by atoms with Gasteiger partial charge in [-0.1, -0.05) is 45.9 Å². The Morgan fingerprint density at radius 1 is 0.981 bits per heavy atom. The van der Waals surface area contributed by atoms with Gasteiger partial charge in [-0.05, 0) is 19.9 Å². The fourth-order valence-corrected chi connectivity index (χ4v) is 7.37. The second-order valence-corrected chi connectivity index (χ2v) is 14.7. The van der Waals surface area contributed by atoms with E-state index in [2.05, 4.69) is 4.99 Å². The number of aliphatic hydroxyl groups is 2. The van der Waals surface area contributed by atoms with Crippen LogP contribution in [-0.2, 0) is 23.8 Å². The normalized spacial score (nSPS) is 30.5. The number of aliphatic hydroxyl groups excluding tert-OH is 2. The molecule has 3 heterocycles. The van der Waals surface area contributed by atoms with E-state index in [1.807, 2.05) is 0 Å². The van der Waals surface area contributed by atoms with Crippen LogP contribution in [0.15, 0.2) is 41.1 Å². The summed E-state index contributed by atoms with van der Waals surface area (Å²) in [5.41, 5.74) is 0.310. The van der Waals surface area contributed by atoms with Crippen LogP contribution in [0.3, 0.4) is 0 Å². The van der Waals surface area contributed by atoms with Gasteiger partial charge in [0.15, 0.2) is 12.5 Å². The van der Waals surface area contributed by atoms with Gasteiger partial charge in [-0.3, -0.25) is 14.4 Å². The Kier molecular flexibility index (Phi) is 11.5. The first-order chi connectivity index (χ1) is 25.3. The Labute approximate surface area is 313 Å². The van der Waals surface area contributed by atoms with Gasteiger partial charge in [0.1, 0.15) is 28.7 Å². The van der Waals surface area contributed by atoms with Crippen molar-refractivity contribution in [2.24, 2.45) is 28.7 Å². The zero-order valence-electron chi connectivity index (χ0n) is 32.2. The molecule has 0 spiro atoms. The highest BCUT2D eigenvalue weighted by Crippen LogP contribution is 2.50. The van der Waals surface area contributed by atoms with Gasteiger partial charge < -0.3 is 49.0 Å². The third-order valence-corrected chi connectivity index (χ3v) is 10.7. The molecule has 0 radical (unpaired) electrons. The van der Waals surface area contributed by atoms with E-state index in [0.717, 1.165) is 0 Å². The number of aromatic hydroxyl groups is 2. The molecule has 14 heteroatoms. The molecule has 0 fully saturated rings. The maximum Gasteiger partial charge on any atom is 0.312 e. The lowest BCUT2D eigenvalue weighted by Crippen LogP contribution is -2.46. The number of allylic oxidation sites excluding steroid dienone is 2. The fraction of sp³-hybridized carbons (Fsp3) is 0.500. The van der Waals surface area contributed by atoms with E-state index in [9.17, 15) is 34.8 Å². The Bertz CT molecular complexity index is 2070. The van der Waals surface area contributed by atoms with Crippen molar-refractivity contribution in [1.82, 2.24) is 4.90 Å². The predicted molar refractivity (Wildman–Crippen MR) is 197 cm³/mol. The number of carbonyl (C=O) groups is 3. The molecule has 0 aliphatic carbocycles. The van der Waals surface area contributed by atoms with Gasteiger partial charge in [-0.2, -0.15) is 0 Å². The number of hydrogen-bond acceptors (Lipinski definition) is 13. The van der Waals surface area contributed by atoms with Crippen LogP contribution < -0.4 is 20.0 Å². The van der Waals surface area contributed by atoms with Crippen molar-refractivity contribution in [2.45, 2.75) is 85.6 Å².